The topological polar surface area (TPSA) is 84.7 Å². The van der Waals surface area contributed by atoms with Crippen LogP contribution in [0, 0.1) is 0 Å². The highest BCUT2D eigenvalue weighted by atomic mass is 19.4. The quantitative estimate of drug-likeness (QED) is 0.320. The molecule has 2 N–H and O–H groups in total. The molecule has 0 atom stereocenters. The predicted octanol–water partition coefficient (Wildman–Crippen LogP) is 4.95. The molecule has 0 aliphatic carbocycles. The third kappa shape index (κ3) is 6.35. The van der Waals surface area contributed by atoms with Crippen LogP contribution < -0.4 is 10.6 Å². The maximum Gasteiger partial charge on any atom is 0.416 e. The number of nitrogens with zero attached hydrogens (tertiary/aromatic N) is 4. The Bertz CT molecular complexity index is 1350. The Kier molecular flexibility index (Phi) is 7.32. The molecule has 37 heavy (non-hydrogen) atoms. The summed E-state index contributed by atoms with van der Waals surface area (Å²) < 4.78 is 79.8. The number of halogens is 6. The van der Waals surface area contributed by atoms with E-state index in [1.807, 2.05) is 30.3 Å². The van der Waals surface area contributed by atoms with E-state index in [4.69, 9.17) is 0 Å². The van der Waals surface area contributed by atoms with Crippen LogP contribution in [0.1, 0.15) is 27.0 Å². The van der Waals surface area contributed by atoms with Gasteiger partial charge in [0, 0.05) is 18.7 Å². The first kappa shape index (κ1) is 25.9. The number of hydrogen-bond acceptors (Lipinski definition) is 5. The first-order valence-electron chi connectivity index (χ1n) is 11.0. The molecule has 0 saturated heterocycles. The van der Waals surface area contributed by atoms with Gasteiger partial charge in [-0.25, -0.2) is 14.6 Å². The lowest BCUT2D eigenvalue weighted by atomic mass is 10.0. The number of nitrogens with one attached hydrogen (secondary N) is 2. The van der Waals surface area contributed by atoms with Gasteiger partial charge in [-0.2, -0.15) is 31.4 Å². The van der Waals surface area contributed by atoms with E-state index in [1.54, 1.807) is 0 Å². The fourth-order valence-corrected chi connectivity index (χ4v) is 3.63. The molecule has 2 heterocycles. The van der Waals surface area contributed by atoms with Gasteiger partial charge in [-0.05, 0) is 30.2 Å². The standard InChI is InChI=1S/C24H20F6N6O/c25-23(26,27)17-10-16(11-18(12-17)24(28,29)30)22(37)32-8-9-36-21-19(13-35-36)20(33-14-34-21)31-7-6-15-4-2-1-3-5-15/h1-5,10-14H,6-9H2,(H,32,37)(H,31,33,34). The largest absolute Gasteiger partial charge is 0.416 e. The van der Waals surface area contributed by atoms with Gasteiger partial charge in [0.05, 0.1) is 29.3 Å². The summed E-state index contributed by atoms with van der Waals surface area (Å²) in [5.41, 5.74) is -2.27. The number of carbonyl (C=O) groups excluding carboxylic acids is 1. The average molecular weight is 522 g/mol. The first-order chi connectivity index (χ1) is 17.5. The second-order valence-corrected chi connectivity index (χ2v) is 8.04. The van der Waals surface area contributed by atoms with Crippen LogP contribution in [-0.2, 0) is 25.3 Å². The van der Waals surface area contributed by atoms with Crippen molar-refractivity contribution >= 4 is 22.8 Å². The normalized spacial score (nSPS) is 12.1. The Morgan fingerprint density at radius 3 is 2.22 bits per heavy atom. The van der Waals surface area contributed by atoms with Gasteiger partial charge in [0.25, 0.3) is 5.91 Å². The van der Waals surface area contributed by atoms with Gasteiger partial charge in [-0.15, -0.1) is 0 Å². The van der Waals surface area contributed by atoms with E-state index in [0.29, 0.717) is 35.5 Å². The van der Waals surface area contributed by atoms with Crippen LogP contribution in [0.25, 0.3) is 11.0 Å². The maximum atomic E-state index is 13.1. The second-order valence-electron chi connectivity index (χ2n) is 8.04. The summed E-state index contributed by atoms with van der Waals surface area (Å²) in [5, 5.41) is 10.4. The molecule has 0 radical (unpaired) electrons. The molecule has 0 aliphatic rings. The molecule has 13 heteroatoms. The highest BCUT2D eigenvalue weighted by Gasteiger charge is 2.37. The van der Waals surface area contributed by atoms with Gasteiger partial charge >= 0.3 is 12.4 Å². The van der Waals surface area contributed by atoms with Crippen molar-refractivity contribution in [2.45, 2.75) is 25.3 Å². The van der Waals surface area contributed by atoms with Crippen molar-refractivity contribution in [2.75, 3.05) is 18.4 Å². The molecule has 2 aromatic carbocycles. The number of amides is 1. The highest BCUT2D eigenvalue weighted by Crippen LogP contribution is 2.36. The van der Waals surface area contributed by atoms with Gasteiger partial charge in [0.1, 0.15) is 12.1 Å². The second kappa shape index (κ2) is 10.4. The summed E-state index contributed by atoms with van der Waals surface area (Å²) in [6.45, 7) is 0.559. The summed E-state index contributed by atoms with van der Waals surface area (Å²) in [6, 6.07) is 10.6. The zero-order valence-electron chi connectivity index (χ0n) is 19.1. The van der Waals surface area contributed by atoms with E-state index >= 15 is 0 Å². The molecule has 2 aromatic heterocycles. The molecule has 7 nitrogen and oxygen atoms in total. The van der Waals surface area contributed by atoms with E-state index in [2.05, 4.69) is 25.7 Å². The number of aromatic nitrogens is 4. The Labute approximate surface area is 206 Å². The van der Waals surface area contributed by atoms with Crippen molar-refractivity contribution in [2.24, 2.45) is 0 Å². The molecule has 4 rings (SSSR count). The van der Waals surface area contributed by atoms with Crippen LogP contribution in [0.2, 0.25) is 0 Å². The molecule has 0 saturated carbocycles. The van der Waals surface area contributed by atoms with E-state index in [-0.39, 0.29) is 19.2 Å². The Morgan fingerprint density at radius 2 is 1.57 bits per heavy atom. The highest BCUT2D eigenvalue weighted by molar-refractivity contribution is 5.94. The van der Waals surface area contributed by atoms with Crippen LogP contribution in [-0.4, -0.2) is 38.7 Å². The minimum atomic E-state index is -5.04. The number of hydrogen-bond donors (Lipinski definition) is 2. The number of alkyl halides is 6. The monoisotopic (exact) mass is 522 g/mol. The molecule has 1 amide bonds. The Balaban J connectivity index is 1.41. The molecule has 0 bridgehead atoms. The summed E-state index contributed by atoms with van der Waals surface area (Å²) in [7, 11) is 0. The van der Waals surface area contributed by atoms with Gasteiger partial charge in [-0.1, -0.05) is 30.3 Å². The summed E-state index contributed by atoms with van der Waals surface area (Å²) in [4.78, 5) is 20.8. The minimum absolute atomic E-state index is 0.0299. The summed E-state index contributed by atoms with van der Waals surface area (Å²) in [5.74, 6) is -0.522. The van der Waals surface area contributed by atoms with Crippen LogP contribution in [0.5, 0.6) is 0 Å². The van der Waals surface area contributed by atoms with E-state index < -0.39 is 35.0 Å². The van der Waals surface area contributed by atoms with Gasteiger partial charge in [0.15, 0.2) is 5.65 Å². The van der Waals surface area contributed by atoms with E-state index in [9.17, 15) is 31.1 Å². The minimum Gasteiger partial charge on any atom is -0.369 e. The van der Waals surface area contributed by atoms with E-state index in [0.717, 1.165) is 12.0 Å². The smallest absolute Gasteiger partial charge is 0.369 e. The number of fused-ring (bicyclic) bond motifs is 1. The lowest BCUT2D eigenvalue weighted by molar-refractivity contribution is -0.143. The molecular weight excluding hydrogens is 502 g/mol. The zero-order chi connectivity index (χ0) is 26.6. The van der Waals surface area contributed by atoms with Crippen LogP contribution in [0.3, 0.4) is 0 Å². The summed E-state index contributed by atoms with van der Waals surface area (Å²) in [6.07, 6.45) is -6.46. The molecular formula is C24H20F6N6O. The molecule has 0 spiro atoms. The van der Waals surface area contributed by atoms with Crippen molar-refractivity contribution in [3.63, 3.8) is 0 Å². The average Bonchev–Trinajstić information content (AvgIpc) is 3.27. The van der Waals surface area contributed by atoms with Crippen molar-refractivity contribution in [3.05, 3.63) is 83.3 Å². The molecule has 0 aliphatic heterocycles. The zero-order valence-corrected chi connectivity index (χ0v) is 19.1. The lowest BCUT2D eigenvalue weighted by Gasteiger charge is -2.14. The number of carbonyl (C=O) groups is 1. The Morgan fingerprint density at radius 1 is 0.892 bits per heavy atom. The summed E-state index contributed by atoms with van der Waals surface area (Å²) >= 11 is 0. The molecule has 0 unspecified atom stereocenters. The van der Waals surface area contributed by atoms with Crippen LogP contribution in [0.4, 0.5) is 32.2 Å². The number of anilines is 1. The SMILES string of the molecule is O=C(NCCn1ncc2c(NCCc3ccccc3)ncnc21)c1cc(C(F)(F)F)cc(C(F)(F)F)c1. The van der Waals surface area contributed by atoms with E-state index in [1.165, 1.54) is 17.2 Å². The van der Waals surface area contributed by atoms with Gasteiger partial charge < -0.3 is 10.6 Å². The molecule has 194 valence electrons. The third-order valence-corrected chi connectivity index (χ3v) is 5.44. The lowest BCUT2D eigenvalue weighted by Crippen LogP contribution is -2.28. The Hall–Kier alpha value is -4.16. The number of rotatable bonds is 8. The maximum absolute atomic E-state index is 13.1. The third-order valence-electron chi connectivity index (χ3n) is 5.44. The van der Waals surface area contributed by atoms with Gasteiger partial charge in [0.2, 0.25) is 0 Å². The van der Waals surface area contributed by atoms with Crippen LogP contribution in [0.15, 0.2) is 61.1 Å². The van der Waals surface area contributed by atoms with Gasteiger partial charge in [-0.3, -0.25) is 4.79 Å². The van der Waals surface area contributed by atoms with Crippen LogP contribution >= 0.6 is 0 Å². The molecule has 4 aromatic rings. The first-order valence-corrected chi connectivity index (χ1v) is 11.0. The molecule has 0 fully saturated rings. The fourth-order valence-electron chi connectivity index (χ4n) is 3.63. The number of benzene rings is 2. The predicted molar refractivity (Wildman–Crippen MR) is 123 cm³/mol. The fraction of sp³-hybridized carbons (Fsp3) is 0.250. The van der Waals surface area contributed by atoms with Crippen molar-refractivity contribution < 1.29 is 31.1 Å². The van der Waals surface area contributed by atoms with Crippen molar-refractivity contribution in [1.29, 1.82) is 0 Å². The van der Waals surface area contributed by atoms with Crippen molar-refractivity contribution in [3.8, 4) is 0 Å². The van der Waals surface area contributed by atoms with Crippen molar-refractivity contribution in [1.82, 2.24) is 25.1 Å².